The van der Waals surface area contributed by atoms with Crippen molar-refractivity contribution < 1.29 is 16.8 Å². The number of ketones is 1. The van der Waals surface area contributed by atoms with E-state index in [0.29, 0.717) is 36.5 Å². The molecule has 4 fully saturated rings. The highest BCUT2D eigenvalue weighted by atomic mass is 16.3. The minimum absolute atomic E-state index is 0.0627. The quantitative estimate of drug-likeness (QED) is 0.649. The number of carbonyl (C=O) groups is 1. The summed E-state index contributed by atoms with van der Waals surface area (Å²) < 4.78 is 42.5. The third kappa shape index (κ3) is 3.22. The van der Waals surface area contributed by atoms with Gasteiger partial charge in [0.1, 0.15) is 5.78 Å². The molecule has 0 spiro atoms. The average molecular weight is 380 g/mol. The molecule has 154 valence electrons. The first-order valence-corrected chi connectivity index (χ1v) is 11.3. The number of aliphatic hydroxyl groups is 1. The Balaban J connectivity index is 1.61. The molecule has 0 aromatic carbocycles. The van der Waals surface area contributed by atoms with Gasteiger partial charge in [0, 0.05) is 11.9 Å². The molecule has 9 atom stereocenters. The fourth-order valence-electron chi connectivity index (χ4n) is 8.05. The van der Waals surface area contributed by atoms with Gasteiger partial charge in [-0.3, -0.25) is 0 Å². The zero-order valence-corrected chi connectivity index (χ0v) is 17.7. The number of carbonyl (C=O) groups excluding carboxylic acids is 1. The van der Waals surface area contributed by atoms with Crippen LogP contribution >= 0.6 is 0 Å². The van der Waals surface area contributed by atoms with Crippen LogP contribution in [0.1, 0.15) is 105 Å². The van der Waals surface area contributed by atoms with Crippen molar-refractivity contribution in [3.63, 3.8) is 0 Å². The largest absolute Gasteiger partial charge is 0.393 e. The van der Waals surface area contributed by atoms with Gasteiger partial charge in [-0.15, -0.1) is 0 Å². The molecule has 0 saturated heterocycles. The summed E-state index contributed by atoms with van der Waals surface area (Å²) >= 11 is 0. The van der Waals surface area contributed by atoms with Crippen molar-refractivity contribution in [2.75, 3.05) is 0 Å². The second-order valence-electron chi connectivity index (χ2n) is 10.8. The molecule has 0 bridgehead atoms. The molecule has 0 amide bonds. The molecule has 0 aromatic rings. The summed E-state index contributed by atoms with van der Waals surface area (Å²) in [5.41, 5.74) is -0.299. The van der Waals surface area contributed by atoms with E-state index in [4.69, 9.17) is 6.85 Å². The highest BCUT2D eigenvalue weighted by Gasteiger charge is 2.60. The van der Waals surface area contributed by atoms with Gasteiger partial charge in [-0.1, -0.05) is 20.8 Å². The standard InChI is InChI=1S/C25H42O2/c1-16(5-6-17(2)26)21-9-10-22-20-8-7-18-15-19(27)11-13-24(18,3)23(20)12-14-25(21,22)4/h16,18-23,27H,5-15H2,1-4H3/t16-,18+,19+,20+,21-,22+,23+,24+,25-/m1/s1/i11D2,15D2,19D. The van der Waals surface area contributed by atoms with E-state index < -0.39 is 30.2 Å². The van der Waals surface area contributed by atoms with Gasteiger partial charge in [0.15, 0.2) is 0 Å². The van der Waals surface area contributed by atoms with Crippen LogP contribution < -0.4 is 0 Å². The molecule has 27 heavy (non-hydrogen) atoms. The Kier molecular flexibility index (Phi) is 3.86. The van der Waals surface area contributed by atoms with Crippen LogP contribution in [0.5, 0.6) is 0 Å². The zero-order chi connectivity index (χ0) is 23.9. The number of hydrogen-bond acceptors (Lipinski definition) is 2. The van der Waals surface area contributed by atoms with Gasteiger partial charge < -0.3 is 9.90 Å². The third-order valence-corrected chi connectivity index (χ3v) is 9.53. The van der Waals surface area contributed by atoms with E-state index in [9.17, 15) is 9.90 Å². The van der Waals surface area contributed by atoms with Crippen LogP contribution in [0.2, 0.25) is 0 Å². The molecule has 1 N–H and O–H groups in total. The molecule has 0 aliphatic heterocycles. The first-order valence-electron chi connectivity index (χ1n) is 13.8. The first-order chi connectivity index (χ1) is 14.6. The van der Waals surface area contributed by atoms with Gasteiger partial charge in [-0.2, -0.15) is 0 Å². The predicted molar refractivity (Wildman–Crippen MR) is 110 cm³/mol. The second-order valence-corrected chi connectivity index (χ2v) is 10.8. The minimum Gasteiger partial charge on any atom is -0.393 e. The van der Waals surface area contributed by atoms with E-state index in [-0.39, 0.29) is 23.5 Å². The molecule has 2 heteroatoms. The smallest absolute Gasteiger partial charge is 0.129 e. The highest BCUT2D eigenvalue weighted by molar-refractivity contribution is 5.75. The van der Waals surface area contributed by atoms with E-state index in [0.717, 1.165) is 25.7 Å². The lowest BCUT2D eigenvalue weighted by Crippen LogP contribution is -2.54. The summed E-state index contributed by atoms with van der Waals surface area (Å²) in [5, 5.41) is 10.6. The Morgan fingerprint density at radius 1 is 1.15 bits per heavy atom. The van der Waals surface area contributed by atoms with Crippen molar-refractivity contribution >= 4 is 5.78 Å². The van der Waals surface area contributed by atoms with Crippen molar-refractivity contribution in [1.82, 2.24) is 0 Å². The maximum atomic E-state index is 11.5. The molecular formula is C25H42O2. The van der Waals surface area contributed by atoms with Gasteiger partial charge in [-0.25, -0.2) is 0 Å². The topological polar surface area (TPSA) is 37.3 Å². The van der Waals surface area contributed by atoms with Crippen LogP contribution in [0.3, 0.4) is 0 Å². The van der Waals surface area contributed by atoms with E-state index in [1.165, 1.54) is 12.8 Å². The van der Waals surface area contributed by atoms with E-state index >= 15 is 0 Å². The lowest BCUT2D eigenvalue weighted by molar-refractivity contribution is -0.129. The van der Waals surface area contributed by atoms with Crippen LogP contribution in [0.4, 0.5) is 0 Å². The minimum atomic E-state index is -2.72. The highest BCUT2D eigenvalue weighted by Crippen LogP contribution is 2.68. The lowest BCUT2D eigenvalue weighted by Gasteiger charge is -2.61. The number of Topliss-reactive ketones (excluding diaryl/α,β-unsaturated/α-hetero) is 1. The van der Waals surface area contributed by atoms with Gasteiger partial charge in [0.2, 0.25) is 0 Å². The number of rotatable bonds is 4. The van der Waals surface area contributed by atoms with Crippen LogP contribution in [0.25, 0.3) is 0 Å². The molecule has 0 unspecified atom stereocenters. The summed E-state index contributed by atoms with van der Waals surface area (Å²) in [6.45, 7) is 8.50. The lowest BCUT2D eigenvalue weighted by atomic mass is 9.44. The summed E-state index contributed by atoms with van der Waals surface area (Å²) in [4.78, 5) is 11.5. The molecule has 0 aromatic heterocycles. The van der Waals surface area contributed by atoms with Gasteiger partial charge >= 0.3 is 0 Å². The molecular weight excluding hydrogens is 332 g/mol. The van der Waals surface area contributed by atoms with Crippen molar-refractivity contribution in [3.05, 3.63) is 0 Å². The fraction of sp³-hybridized carbons (Fsp3) is 0.960. The van der Waals surface area contributed by atoms with Crippen molar-refractivity contribution in [2.45, 2.75) is 104 Å². The second kappa shape index (κ2) is 7.15. The maximum Gasteiger partial charge on any atom is 0.129 e. The molecule has 4 rings (SSSR count). The third-order valence-electron chi connectivity index (χ3n) is 9.53. The van der Waals surface area contributed by atoms with Crippen LogP contribution in [0, 0.1) is 46.3 Å². The monoisotopic (exact) mass is 379 g/mol. The van der Waals surface area contributed by atoms with Gasteiger partial charge in [0.25, 0.3) is 0 Å². The molecule has 0 heterocycles. The Labute approximate surface area is 173 Å². The Morgan fingerprint density at radius 3 is 2.63 bits per heavy atom. The summed E-state index contributed by atoms with van der Waals surface area (Å²) in [7, 11) is 0. The number of fused-ring (bicyclic) bond motifs is 5. The van der Waals surface area contributed by atoms with E-state index in [2.05, 4.69) is 20.8 Å². The van der Waals surface area contributed by atoms with E-state index in [1.54, 1.807) is 6.92 Å². The summed E-state index contributed by atoms with van der Waals surface area (Å²) in [6.07, 6.45) is 0.376. The average Bonchev–Trinajstić information content (AvgIpc) is 3.01. The summed E-state index contributed by atoms with van der Waals surface area (Å²) in [6, 6.07) is 0. The van der Waals surface area contributed by atoms with E-state index in [1.807, 2.05) is 0 Å². The maximum absolute atomic E-state index is 11.5. The predicted octanol–water partition coefficient (Wildman–Crippen LogP) is 6.01. The summed E-state index contributed by atoms with van der Waals surface area (Å²) in [5.74, 6) is 2.18. The van der Waals surface area contributed by atoms with Gasteiger partial charge in [0.05, 0.1) is 7.45 Å². The van der Waals surface area contributed by atoms with Crippen LogP contribution in [0.15, 0.2) is 0 Å². The molecule has 4 aliphatic rings. The van der Waals surface area contributed by atoms with Crippen molar-refractivity contribution in [2.24, 2.45) is 46.3 Å². The van der Waals surface area contributed by atoms with Crippen molar-refractivity contribution in [1.29, 1.82) is 0 Å². The zero-order valence-electron chi connectivity index (χ0n) is 22.7. The van der Waals surface area contributed by atoms with Crippen LogP contribution in [-0.2, 0) is 4.79 Å². The first kappa shape index (κ1) is 14.6. The number of hydrogen-bond donors (Lipinski definition) is 1. The normalized spacial score (nSPS) is 59.6. The Hall–Kier alpha value is -0.370. The molecule has 0 radical (unpaired) electrons. The Morgan fingerprint density at radius 2 is 1.89 bits per heavy atom. The molecule has 2 nitrogen and oxygen atoms in total. The van der Waals surface area contributed by atoms with Crippen LogP contribution in [-0.4, -0.2) is 17.0 Å². The SMILES string of the molecule is [2H]C1([2H])C[C@]2(C)[C@H]3CC[C@]4(C)[C@@H]([C@H](C)CCC(C)=O)CC[C@H]4[C@@H]3CC[C@H]2C([2H])([2H])[C@@]1([2H])O. The molecule has 4 aliphatic carbocycles. The van der Waals surface area contributed by atoms with Crippen molar-refractivity contribution in [3.8, 4) is 0 Å². The molecule has 4 saturated carbocycles. The Bertz CT molecular complexity index is 767. The fourth-order valence-corrected chi connectivity index (χ4v) is 8.05. The van der Waals surface area contributed by atoms with Gasteiger partial charge in [-0.05, 0) is 117 Å².